The van der Waals surface area contributed by atoms with Gasteiger partial charge in [0.25, 0.3) is 0 Å². The van der Waals surface area contributed by atoms with Crippen molar-refractivity contribution in [2.75, 3.05) is 13.7 Å². The quantitative estimate of drug-likeness (QED) is 0.796. The van der Waals surface area contributed by atoms with E-state index < -0.39 is 0 Å². The Bertz CT molecular complexity index is 650. The highest BCUT2D eigenvalue weighted by atomic mass is 79.9. The lowest BCUT2D eigenvalue weighted by Gasteiger charge is -2.04. The number of carbonyl (C=O) groups is 1. The van der Waals surface area contributed by atoms with E-state index in [1.807, 2.05) is 48.5 Å². The van der Waals surface area contributed by atoms with E-state index >= 15 is 0 Å². The minimum Gasteiger partial charge on any atom is -0.497 e. The average molecular weight is 360 g/mol. The van der Waals surface area contributed by atoms with Gasteiger partial charge in [-0.25, -0.2) is 0 Å². The van der Waals surface area contributed by atoms with Crippen molar-refractivity contribution < 1.29 is 9.53 Å². The molecule has 0 saturated carbocycles. The molecule has 0 atom stereocenters. The van der Waals surface area contributed by atoms with Gasteiger partial charge in [0.15, 0.2) is 0 Å². The second-order valence-corrected chi connectivity index (χ2v) is 5.69. The molecule has 0 spiro atoms. The maximum Gasteiger partial charge on any atom is 0.244 e. The Labute approximate surface area is 139 Å². The van der Waals surface area contributed by atoms with Crippen LogP contribution in [0.2, 0.25) is 0 Å². The summed E-state index contributed by atoms with van der Waals surface area (Å²) in [5, 5.41) is 2.88. The number of hydrogen-bond donors (Lipinski definition) is 1. The van der Waals surface area contributed by atoms with Gasteiger partial charge in [-0.05, 0) is 47.9 Å². The van der Waals surface area contributed by atoms with Crippen molar-refractivity contribution in [2.24, 2.45) is 0 Å². The molecule has 4 heteroatoms. The number of hydrogen-bond acceptors (Lipinski definition) is 2. The summed E-state index contributed by atoms with van der Waals surface area (Å²) in [5.41, 5.74) is 2.15. The minimum absolute atomic E-state index is 0.0894. The fraction of sp³-hybridized carbons (Fsp3) is 0.167. The molecule has 114 valence electrons. The third kappa shape index (κ3) is 5.37. The molecule has 2 rings (SSSR count). The fourth-order valence-electron chi connectivity index (χ4n) is 1.96. The van der Waals surface area contributed by atoms with Crippen molar-refractivity contribution in [3.63, 3.8) is 0 Å². The van der Waals surface area contributed by atoms with Crippen LogP contribution in [0.3, 0.4) is 0 Å². The van der Waals surface area contributed by atoms with Crippen molar-refractivity contribution in [1.29, 1.82) is 0 Å². The van der Waals surface area contributed by atoms with Crippen molar-refractivity contribution in [2.45, 2.75) is 6.42 Å². The van der Waals surface area contributed by atoms with Crippen molar-refractivity contribution in [3.8, 4) is 5.75 Å². The van der Waals surface area contributed by atoms with E-state index in [0.717, 1.165) is 27.8 Å². The molecule has 22 heavy (non-hydrogen) atoms. The van der Waals surface area contributed by atoms with Crippen LogP contribution < -0.4 is 10.1 Å². The van der Waals surface area contributed by atoms with Crippen LogP contribution in [-0.2, 0) is 11.2 Å². The van der Waals surface area contributed by atoms with Crippen LogP contribution in [-0.4, -0.2) is 19.6 Å². The van der Waals surface area contributed by atoms with Crippen LogP contribution in [0.1, 0.15) is 11.1 Å². The number of ether oxygens (including phenoxy) is 1. The third-order valence-electron chi connectivity index (χ3n) is 3.15. The molecule has 2 aromatic carbocycles. The molecular formula is C18H18BrNO2. The van der Waals surface area contributed by atoms with E-state index in [9.17, 15) is 4.79 Å². The lowest BCUT2D eigenvalue weighted by atomic mass is 10.1. The molecule has 0 bridgehead atoms. The monoisotopic (exact) mass is 359 g/mol. The first-order valence-electron chi connectivity index (χ1n) is 7.02. The maximum absolute atomic E-state index is 11.8. The summed E-state index contributed by atoms with van der Waals surface area (Å²) in [6.07, 6.45) is 4.14. The molecule has 0 aliphatic rings. The van der Waals surface area contributed by atoms with Crippen LogP contribution in [0.5, 0.6) is 5.75 Å². The first kappa shape index (κ1) is 16.3. The van der Waals surface area contributed by atoms with Crippen LogP contribution in [0.25, 0.3) is 6.08 Å². The Morgan fingerprint density at radius 1 is 1.23 bits per heavy atom. The van der Waals surface area contributed by atoms with Crippen molar-refractivity contribution >= 4 is 27.9 Å². The van der Waals surface area contributed by atoms with Gasteiger partial charge in [0.1, 0.15) is 5.75 Å². The van der Waals surface area contributed by atoms with Gasteiger partial charge in [-0.1, -0.05) is 40.2 Å². The number of halogens is 1. The van der Waals surface area contributed by atoms with Gasteiger partial charge in [-0.15, -0.1) is 0 Å². The summed E-state index contributed by atoms with van der Waals surface area (Å²) in [6.45, 7) is 0.605. The van der Waals surface area contributed by atoms with E-state index in [1.165, 1.54) is 0 Å². The Balaban J connectivity index is 1.77. The first-order valence-corrected chi connectivity index (χ1v) is 7.81. The SMILES string of the molecule is COc1ccc(CCNC(=O)/C=C/c2cccc(Br)c2)cc1. The zero-order chi connectivity index (χ0) is 15.8. The average Bonchev–Trinajstić information content (AvgIpc) is 2.54. The number of amides is 1. The lowest BCUT2D eigenvalue weighted by Crippen LogP contribution is -2.23. The highest BCUT2D eigenvalue weighted by Crippen LogP contribution is 2.13. The normalized spacial score (nSPS) is 10.6. The van der Waals surface area contributed by atoms with E-state index in [-0.39, 0.29) is 5.91 Å². The highest BCUT2D eigenvalue weighted by molar-refractivity contribution is 9.10. The van der Waals surface area contributed by atoms with Crippen LogP contribution in [0.4, 0.5) is 0 Å². The van der Waals surface area contributed by atoms with Gasteiger partial charge in [-0.2, -0.15) is 0 Å². The number of nitrogens with one attached hydrogen (secondary N) is 1. The lowest BCUT2D eigenvalue weighted by molar-refractivity contribution is -0.116. The fourth-order valence-corrected chi connectivity index (χ4v) is 2.38. The van der Waals surface area contributed by atoms with Crippen molar-refractivity contribution in [1.82, 2.24) is 5.32 Å². The minimum atomic E-state index is -0.0894. The zero-order valence-electron chi connectivity index (χ0n) is 12.4. The van der Waals surface area contributed by atoms with Crippen LogP contribution in [0.15, 0.2) is 59.1 Å². The van der Waals surface area contributed by atoms with Gasteiger partial charge in [0.2, 0.25) is 5.91 Å². The zero-order valence-corrected chi connectivity index (χ0v) is 14.0. The van der Waals surface area contributed by atoms with Crippen molar-refractivity contribution in [3.05, 3.63) is 70.2 Å². The molecular weight excluding hydrogens is 342 g/mol. The standard InChI is InChI=1S/C18H18BrNO2/c1-22-17-8-5-14(6-9-17)11-12-20-18(21)10-7-15-3-2-4-16(19)13-15/h2-10,13H,11-12H2,1H3,(H,20,21)/b10-7+. The molecule has 0 aliphatic carbocycles. The largest absolute Gasteiger partial charge is 0.497 e. The van der Waals surface area contributed by atoms with Crippen LogP contribution >= 0.6 is 15.9 Å². The number of methoxy groups -OCH3 is 1. The predicted molar refractivity (Wildman–Crippen MR) is 92.9 cm³/mol. The maximum atomic E-state index is 11.8. The van der Waals surface area contributed by atoms with Gasteiger partial charge in [0, 0.05) is 17.1 Å². The molecule has 0 radical (unpaired) electrons. The number of rotatable bonds is 6. The van der Waals surface area contributed by atoms with Gasteiger partial charge < -0.3 is 10.1 Å². The molecule has 0 aliphatic heterocycles. The summed E-state index contributed by atoms with van der Waals surface area (Å²) in [6, 6.07) is 15.6. The molecule has 2 aromatic rings. The molecule has 1 N–H and O–H groups in total. The Hall–Kier alpha value is -2.07. The number of carbonyl (C=O) groups excluding carboxylic acids is 1. The van der Waals surface area contributed by atoms with E-state index in [0.29, 0.717) is 6.54 Å². The summed E-state index contributed by atoms with van der Waals surface area (Å²) in [4.78, 5) is 11.8. The van der Waals surface area contributed by atoms with Gasteiger partial charge in [0.05, 0.1) is 7.11 Å². The Morgan fingerprint density at radius 3 is 2.68 bits per heavy atom. The smallest absolute Gasteiger partial charge is 0.244 e. The predicted octanol–water partition coefficient (Wildman–Crippen LogP) is 3.83. The molecule has 0 saturated heterocycles. The third-order valence-corrected chi connectivity index (χ3v) is 3.64. The summed E-state index contributed by atoms with van der Waals surface area (Å²) in [7, 11) is 1.65. The second kappa shape index (κ2) is 8.39. The first-order chi connectivity index (χ1) is 10.7. The van der Waals surface area contributed by atoms with E-state index in [1.54, 1.807) is 19.3 Å². The topological polar surface area (TPSA) is 38.3 Å². The Morgan fingerprint density at radius 2 is 2.00 bits per heavy atom. The molecule has 3 nitrogen and oxygen atoms in total. The highest BCUT2D eigenvalue weighted by Gasteiger charge is 1.98. The van der Waals surface area contributed by atoms with Gasteiger partial charge in [-0.3, -0.25) is 4.79 Å². The summed E-state index contributed by atoms with van der Waals surface area (Å²) in [5.74, 6) is 0.748. The summed E-state index contributed by atoms with van der Waals surface area (Å²) < 4.78 is 6.11. The van der Waals surface area contributed by atoms with E-state index in [4.69, 9.17) is 4.74 Å². The van der Waals surface area contributed by atoms with Crippen LogP contribution in [0, 0.1) is 0 Å². The molecule has 0 heterocycles. The molecule has 0 aromatic heterocycles. The molecule has 1 amide bonds. The second-order valence-electron chi connectivity index (χ2n) is 4.78. The summed E-state index contributed by atoms with van der Waals surface area (Å²) >= 11 is 3.40. The molecule has 0 unspecified atom stereocenters. The van der Waals surface area contributed by atoms with Gasteiger partial charge >= 0.3 is 0 Å². The number of benzene rings is 2. The molecule has 0 fully saturated rings. The van der Waals surface area contributed by atoms with E-state index in [2.05, 4.69) is 21.2 Å². The Kier molecular flexibility index (Phi) is 6.22.